The summed E-state index contributed by atoms with van der Waals surface area (Å²) in [4.78, 5) is 14.7. The Morgan fingerprint density at radius 3 is 2.77 bits per heavy atom. The summed E-state index contributed by atoms with van der Waals surface area (Å²) in [7, 11) is 1.69. The van der Waals surface area contributed by atoms with Crippen LogP contribution in [0.15, 0.2) is 70.5 Å². The summed E-state index contributed by atoms with van der Waals surface area (Å²) < 4.78 is 0. The maximum atomic E-state index is 5.39. The molecule has 0 saturated heterocycles. The number of rotatable bonds is 5. The number of allylic oxidation sites excluding steroid dienone is 1. The van der Waals surface area contributed by atoms with E-state index in [1.165, 1.54) is 11.1 Å². The van der Waals surface area contributed by atoms with E-state index < -0.39 is 0 Å². The van der Waals surface area contributed by atoms with E-state index in [1.54, 1.807) is 7.11 Å². The zero-order chi connectivity index (χ0) is 18.1. The van der Waals surface area contributed by atoms with E-state index in [9.17, 15) is 0 Å². The van der Waals surface area contributed by atoms with Crippen LogP contribution in [0.5, 0.6) is 0 Å². The molecule has 0 radical (unpaired) electrons. The lowest BCUT2D eigenvalue weighted by molar-refractivity contribution is -0.0967. The van der Waals surface area contributed by atoms with Gasteiger partial charge >= 0.3 is 0 Å². The Morgan fingerprint density at radius 1 is 1.23 bits per heavy atom. The molecule has 1 atom stereocenters. The first kappa shape index (κ1) is 16.9. The molecule has 1 aromatic rings. The molecule has 4 rings (SSSR count). The summed E-state index contributed by atoms with van der Waals surface area (Å²) in [5.41, 5.74) is 4.66. The van der Waals surface area contributed by atoms with Gasteiger partial charge < -0.3 is 15.1 Å². The third-order valence-corrected chi connectivity index (χ3v) is 4.98. The highest BCUT2D eigenvalue weighted by atomic mass is 16.7. The number of aliphatic imine (C=N–C) groups is 1. The van der Waals surface area contributed by atoms with Crippen molar-refractivity contribution in [3.63, 3.8) is 0 Å². The summed E-state index contributed by atoms with van der Waals surface area (Å²) in [5, 5.41) is 5.50. The minimum absolute atomic E-state index is 0.0994. The molecule has 6 heteroatoms. The summed E-state index contributed by atoms with van der Waals surface area (Å²) in [6, 6.07) is 10.6. The van der Waals surface area contributed by atoms with Crippen LogP contribution in [0.4, 0.5) is 0 Å². The smallest absolute Gasteiger partial charge is 0.138 e. The van der Waals surface area contributed by atoms with E-state index in [-0.39, 0.29) is 6.04 Å². The number of benzene rings is 1. The molecule has 6 nitrogen and oxygen atoms in total. The molecule has 0 bridgehead atoms. The minimum atomic E-state index is 0.0994. The molecule has 0 amide bonds. The summed E-state index contributed by atoms with van der Waals surface area (Å²) in [6.45, 7) is 6.71. The number of nitrogens with one attached hydrogen (secondary N) is 1. The van der Waals surface area contributed by atoms with Gasteiger partial charge in [-0.2, -0.15) is 0 Å². The lowest BCUT2D eigenvalue weighted by Gasteiger charge is -2.40. The van der Waals surface area contributed by atoms with Crippen LogP contribution in [0.1, 0.15) is 19.4 Å². The number of fused-ring (bicyclic) bond motifs is 2. The van der Waals surface area contributed by atoms with Crippen molar-refractivity contribution >= 4 is 6.21 Å². The second kappa shape index (κ2) is 6.97. The van der Waals surface area contributed by atoms with Crippen LogP contribution in [0.25, 0.3) is 0 Å². The van der Waals surface area contributed by atoms with Crippen molar-refractivity contribution in [3.05, 3.63) is 71.1 Å². The van der Waals surface area contributed by atoms with Crippen molar-refractivity contribution in [2.45, 2.75) is 26.4 Å². The quantitative estimate of drug-likeness (QED) is 0.883. The van der Waals surface area contributed by atoms with Crippen molar-refractivity contribution < 1.29 is 4.84 Å². The molecule has 0 saturated carbocycles. The van der Waals surface area contributed by atoms with Gasteiger partial charge in [0.15, 0.2) is 0 Å². The molecule has 0 aliphatic carbocycles. The van der Waals surface area contributed by atoms with Gasteiger partial charge in [-0.3, -0.25) is 9.83 Å². The SMILES string of the molecule is CCN1C=C(C)C(NCc2ccccc2)C2=C1N1CN(OC)C=C1C=N2. The van der Waals surface area contributed by atoms with Gasteiger partial charge in [0.25, 0.3) is 0 Å². The Hall–Kier alpha value is -2.57. The van der Waals surface area contributed by atoms with Crippen LogP contribution in [0, 0.1) is 0 Å². The van der Waals surface area contributed by atoms with Gasteiger partial charge in [-0.05, 0) is 25.0 Å². The predicted octanol–water partition coefficient (Wildman–Crippen LogP) is 2.62. The maximum absolute atomic E-state index is 5.39. The van der Waals surface area contributed by atoms with E-state index in [4.69, 9.17) is 9.83 Å². The van der Waals surface area contributed by atoms with E-state index in [1.807, 2.05) is 23.5 Å². The van der Waals surface area contributed by atoms with Crippen molar-refractivity contribution in [1.29, 1.82) is 0 Å². The molecule has 136 valence electrons. The molecule has 1 aromatic carbocycles. The molecular weight excluding hydrogens is 326 g/mol. The van der Waals surface area contributed by atoms with Crippen LogP contribution in [0.2, 0.25) is 0 Å². The fourth-order valence-electron chi connectivity index (χ4n) is 3.63. The van der Waals surface area contributed by atoms with Crippen LogP contribution < -0.4 is 5.32 Å². The molecule has 3 aliphatic heterocycles. The van der Waals surface area contributed by atoms with Crippen molar-refractivity contribution in [1.82, 2.24) is 20.2 Å². The van der Waals surface area contributed by atoms with Gasteiger partial charge in [0, 0.05) is 19.3 Å². The lowest BCUT2D eigenvalue weighted by Crippen LogP contribution is -2.44. The van der Waals surface area contributed by atoms with Crippen molar-refractivity contribution in [3.8, 4) is 0 Å². The summed E-state index contributed by atoms with van der Waals surface area (Å²) in [6.07, 6.45) is 6.15. The molecule has 1 unspecified atom stereocenters. The van der Waals surface area contributed by atoms with Crippen LogP contribution in [0.3, 0.4) is 0 Å². The number of hydroxylamine groups is 2. The van der Waals surface area contributed by atoms with Gasteiger partial charge in [-0.15, -0.1) is 0 Å². The number of nitrogens with zero attached hydrogens (tertiary/aromatic N) is 4. The number of hydrogen-bond acceptors (Lipinski definition) is 6. The standard InChI is InChI=1S/C20H25N5O/c1-4-23-12-15(2)18(21-10-16-8-6-5-7-9-16)19-20(23)25-14-24(26-3)13-17(25)11-22-19/h5-9,11-13,18,21H,4,10,14H2,1-3H3. The molecule has 0 spiro atoms. The van der Waals surface area contributed by atoms with Crippen molar-refractivity contribution in [2.24, 2.45) is 4.99 Å². The highest BCUT2D eigenvalue weighted by molar-refractivity contribution is 5.81. The molecule has 1 N–H and O–H groups in total. The molecular formula is C20H25N5O. The Kier molecular flexibility index (Phi) is 4.53. The van der Waals surface area contributed by atoms with Gasteiger partial charge in [0.2, 0.25) is 0 Å². The Morgan fingerprint density at radius 2 is 2.04 bits per heavy atom. The average Bonchev–Trinajstić information content (AvgIpc) is 3.10. The monoisotopic (exact) mass is 351 g/mol. The Balaban J connectivity index is 1.63. The minimum Gasteiger partial charge on any atom is -0.333 e. The Labute approximate surface area is 154 Å². The second-order valence-electron chi connectivity index (χ2n) is 6.65. The number of hydrogen-bond donors (Lipinski definition) is 1. The first-order valence-electron chi connectivity index (χ1n) is 9.02. The third-order valence-electron chi connectivity index (χ3n) is 4.98. The molecule has 0 aromatic heterocycles. The second-order valence-corrected chi connectivity index (χ2v) is 6.65. The van der Waals surface area contributed by atoms with Crippen LogP contribution in [-0.2, 0) is 11.4 Å². The zero-order valence-corrected chi connectivity index (χ0v) is 15.5. The summed E-state index contributed by atoms with van der Waals surface area (Å²) >= 11 is 0. The zero-order valence-electron chi connectivity index (χ0n) is 15.5. The Bertz CT molecular complexity index is 796. The summed E-state index contributed by atoms with van der Waals surface area (Å²) in [5.74, 6) is 1.14. The van der Waals surface area contributed by atoms with Crippen molar-refractivity contribution in [2.75, 3.05) is 20.3 Å². The maximum Gasteiger partial charge on any atom is 0.138 e. The molecule has 26 heavy (non-hydrogen) atoms. The topological polar surface area (TPSA) is 43.3 Å². The first-order valence-corrected chi connectivity index (χ1v) is 9.02. The van der Waals surface area contributed by atoms with Crippen LogP contribution >= 0.6 is 0 Å². The first-order chi connectivity index (χ1) is 12.7. The molecule has 0 fully saturated rings. The van der Waals surface area contributed by atoms with Gasteiger partial charge in [-0.1, -0.05) is 30.3 Å². The van der Waals surface area contributed by atoms with Crippen LogP contribution in [-0.4, -0.2) is 47.4 Å². The largest absolute Gasteiger partial charge is 0.333 e. The van der Waals surface area contributed by atoms with E-state index in [0.29, 0.717) is 6.67 Å². The molecule has 3 heterocycles. The third kappa shape index (κ3) is 2.91. The highest BCUT2D eigenvalue weighted by Gasteiger charge is 2.36. The van der Waals surface area contributed by atoms with E-state index in [0.717, 1.165) is 30.3 Å². The normalized spacial score (nSPS) is 21.7. The van der Waals surface area contributed by atoms with E-state index in [2.05, 4.69) is 59.4 Å². The van der Waals surface area contributed by atoms with Gasteiger partial charge in [0.05, 0.1) is 31.3 Å². The van der Waals surface area contributed by atoms with Gasteiger partial charge in [-0.25, -0.2) is 5.06 Å². The lowest BCUT2D eigenvalue weighted by atomic mass is 10.0. The fraction of sp³-hybridized carbons (Fsp3) is 0.350. The predicted molar refractivity (Wildman–Crippen MR) is 102 cm³/mol. The highest BCUT2D eigenvalue weighted by Crippen LogP contribution is 2.35. The fourth-order valence-corrected chi connectivity index (χ4v) is 3.63. The average molecular weight is 351 g/mol. The van der Waals surface area contributed by atoms with Gasteiger partial charge in [0.1, 0.15) is 18.2 Å². The molecule has 3 aliphatic rings. The van der Waals surface area contributed by atoms with E-state index >= 15 is 0 Å².